The van der Waals surface area contributed by atoms with Gasteiger partial charge in [0.15, 0.2) is 5.96 Å². The predicted molar refractivity (Wildman–Crippen MR) is 123 cm³/mol. The van der Waals surface area contributed by atoms with Gasteiger partial charge in [-0.1, -0.05) is 12.1 Å². The van der Waals surface area contributed by atoms with E-state index >= 15 is 0 Å². The van der Waals surface area contributed by atoms with Gasteiger partial charge in [-0.2, -0.15) is 0 Å². The number of hydrogen-bond donors (Lipinski definition) is 7. The molecule has 1 aromatic carbocycles. The summed E-state index contributed by atoms with van der Waals surface area (Å²) < 4.78 is 7.08. The summed E-state index contributed by atoms with van der Waals surface area (Å²) in [6.07, 6.45) is 0.909. The Bertz CT molecular complexity index is 1240. The van der Waals surface area contributed by atoms with Gasteiger partial charge in [-0.05, 0) is 11.6 Å². The van der Waals surface area contributed by atoms with Crippen molar-refractivity contribution in [1.29, 1.82) is 0 Å². The smallest absolute Gasteiger partial charge is 0.346 e. The van der Waals surface area contributed by atoms with Gasteiger partial charge in [0.05, 0.1) is 25.3 Å². The number of aliphatic imine (C=N–C) groups is 1. The lowest BCUT2D eigenvalue weighted by Gasteiger charge is -2.44. The van der Waals surface area contributed by atoms with E-state index in [1.807, 2.05) is 6.07 Å². The standard InChI is InChI=1S/C22H26N8O6/c23-19-27-17-12(8-29-14(31)4-5-15(29)32)25-20(24)30-9-13(22(34,35)21(17,30)28-19)26-18(33)11-3-1-2-10-6-7-36-16(10)11/h1-3,12-13,17,34-35H,4-9H2,(H6,23,24,25,26,27,28,33)/p+1/t12-,13?,17?,21?/m0/s1. The Labute approximate surface area is 205 Å². The fraction of sp³-hybridized carbons (Fsp3) is 0.500. The number of nitrogens with zero attached hydrogens (tertiary/aromatic N) is 3. The molecule has 5 aliphatic rings. The molecule has 9 N–H and O–H groups in total. The maximum atomic E-state index is 13.2. The number of carbonyl (C=O) groups excluding carboxylic acids is 3. The average molecular weight is 500 g/mol. The second-order valence-corrected chi connectivity index (χ2v) is 9.64. The lowest BCUT2D eigenvalue weighted by atomic mass is 9.85. The fourth-order valence-electron chi connectivity index (χ4n) is 5.96. The summed E-state index contributed by atoms with van der Waals surface area (Å²) in [5.74, 6) is -3.34. The molecule has 14 heteroatoms. The molecule has 3 unspecified atom stereocenters. The van der Waals surface area contributed by atoms with Gasteiger partial charge in [0.2, 0.25) is 23.3 Å². The van der Waals surface area contributed by atoms with Gasteiger partial charge in [0.1, 0.15) is 23.9 Å². The molecule has 0 aliphatic carbocycles. The quantitative estimate of drug-likeness (QED) is 0.121. The van der Waals surface area contributed by atoms with E-state index in [1.54, 1.807) is 12.1 Å². The van der Waals surface area contributed by atoms with Gasteiger partial charge in [0.25, 0.3) is 5.91 Å². The zero-order valence-electron chi connectivity index (χ0n) is 19.2. The molecule has 3 amide bonds. The van der Waals surface area contributed by atoms with Crippen molar-refractivity contribution in [3.05, 3.63) is 29.3 Å². The number of fused-ring (bicyclic) bond motifs is 1. The van der Waals surface area contributed by atoms with Crippen molar-refractivity contribution in [3.63, 3.8) is 0 Å². The summed E-state index contributed by atoms with van der Waals surface area (Å²) in [4.78, 5) is 43.2. The Kier molecular flexibility index (Phi) is 4.72. The summed E-state index contributed by atoms with van der Waals surface area (Å²) in [7, 11) is 0. The van der Waals surface area contributed by atoms with E-state index < -0.39 is 35.5 Å². The highest BCUT2D eigenvalue weighted by Gasteiger charge is 2.75. The predicted octanol–water partition coefficient (Wildman–Crippen LogP) is -4.15. The lowest BCUT2D eigenvalue weighted by molar-refractivity contribution is -0.623. The maximum Gasteiger partial charge on any atom is 0.346 e. The van der Waals surface area contributed by atoms with Crippen LogP contribution in [0.4, 0.5) is 0 Å². The molecule has 2 saturated heterocycles. The van der Waals surface area contributed by atoms with E-state index in [0.29, 0.717) is 18.8 Å². The number of nitrogens with two attached hydrogens (primary N) is 2. The Hall–Kier alpha value is -3.91. The number of likely N-dealkylation sites (tertiary alicyclic amines) is 1. The molecule has 4 atom stereocenters. The number of amides is 3. The van der Waals surface area contributed by atoms with Crippen LogP contribution in [0.1, 0.15) is 28.8 Å². The largest absolute Gasteiger partial charge is 0.492 e. The third-order valence-electron chi connectivity index (χ3n) is 7.67. The van der Waals surface area contributed by atoms with E-state index in [4.69, 9.17) is 16.2 Å². The van der Waals surface area contributed by atoms with Gasteiger partial charge < -0.3 is 31.3 Å². The molecule has 0 bridgehead atoms. The monoisotopic (exact) mass is 499 g/mol. The number of hydrogen-bond acceptors (Lipinski definition) is 11. The Morgan fingerprint density at radius 3 is 2.75 bits per heavy atom. The first-order valence-electron chi connectivity index (χ1n) is 11.7. The number of guanidine groups is 2. The van der Waals surface area contributed by atoms with Crippen LogP contribution in [0, 0.1) is 0 Å². The van der Waals surface area contributed by atoms with Gasteiger partial charge in [0, 0.05) is 19.3 Å². The zero-order valence-corrected chi connectivity index (χ0v) is 19.2. The normalized spacial score (nSPS) is 31.8. The second kappa shape index (κ2) is 7.54. The Morgan fingerprint density at radius 2 is 2.00 bits per heavy atom. The molecule has 2 fully saturated rings. The minimum Gasteiger partial charge on any atom is -0.492 e. The van der Waals surface area contributed by atoms with Crippen LogP contribution in [0.2, 0.25) is 0 Å². The minimum atomic E-state index is -2.61. The average Bonchev–Trinajstić information content (AvgIpc) is 3.57. The fourth-order valence-corrected chi connectivity index (χ4v) is 5.96. The third-order valence-corrected chi connectivity index (χ3v) is 7.67. The van der Waals surface area contributed by atoms with Crippen molar-refractivity contribution >= 4 is 29.6 Å². The van der Waals surface area contributed by atoms with Crippen molar-refractivity contribution in [1.82, 2.24) is 20.9 Å². The van der Waals surface area contributed by atoms with Crippen LogP contribution in [0.15, 0.2) is 23.2 Å². The molecule has 5 aliphatic heterocycles. The molecule has 0 radical (unpaired) electrons. The Balaban J connectivity index is 1.33. The minimum absolute atomic E-state index is 0.0564. The van der Waals surface area contributed by atoms with Crippen molar-refractivity contribution in [2.45, 2.75) is 48.8 Å². The van der Waals surface area contributed by atoms with Crippen LogP contribution in [-0.4, -0.2) is 98.6 Å². The highest BCUT2D eigenvalue weighted by atomic mass is 16.5. The lowest BCUT2D eigenvalue weighted by Crippen LogP contribution is -2.79. The number of para-hydroxylation sites is 1. The van der Waals surface area contributed by atoms with Crippen molar-refractivity contribution in [2.75, 3.05) is 19.7 Å². The summed E-state index contributed by atoms with van der Waals surface area (Å²) >= 11 is 0. The van der Waals surface area contributed by atoms with E-state index in [-0.39, 0.29) is 55.2 Å². The number of nitrogens with one attached hydrogen (secondary N) is 3. The van der Waals surface area contributed by atoms with E-state index in [1.165, 1.54) is 4.58 Å². The number of ether oxygens (including phenoxy) is 1. The van der Waals surface area contributed by atoms with Crippen molar-refractivity contribution < 1.29 is 33.9 Å². The molecule has 36 heavy (non-hydrogen) atoms. The summed E-state index contributed by atoms with van der Waals surface area (Å²) in [5.41, 5.74) is 11.7. The molecule has 190 valence electrons. The van der Waals surface area contributed by atoms with Gasteiger partial charge >= 0.3 is 5.96 Å². The number of aliphatic hydroxyl groups is 2. The molecular formula is C22H27N8O6+. The Morgan fingerprint density at radius 1 is 1.25 bits per heavy atom. The first kappa shape index (κ1) is 22.5. The molecule has 1 spiro atoms. The summed E-state index contributed by atoms with van der Waals surface area (Å²) in [6.45, 7) is 0.290. The maximum absolute atomic E-state index is 13.2. The first-order valence-corrected chi connectivity index (χ1v) is 11.7. The van der Waals surface area contributed by atoms with Crippen LogP contribution in [0.25, 0.3) is 0 Å². The molecular weight excluding hydrogens is 472 g/mol. The number of rotatable bonds is 4. The zero-order chi connectivity index (χ0) is 25.4. The highest BCUT2D eigenvalue weighted by Crippen LogP contribution is 2.42. The van der Waals surface area contributed by atoms with Crippen LogP contribution < -0.4 is 32.2 Å². The molecule has 14 nitrogen and oxygen atoms in total. The van der Waals surface area contributed by atoms with Crippen LogP contribution in [0.3, 0.4) is 0 Å². The third kappa shape index (κ3) is 2.94. The van der Waals surface area contributed by atoms with Gasteiger partial charge in [-0.25, -0.2) is 9.57 Å². The molecule has 5 heterocycles. The van der Waals surface area contributed by atoms with Gasteiger partial charge in [-0.3, -0.25) is 30.3 Å². The summed E-state index contributed by atoms with van der Waals surface area (Å²) in [5, 5.41) is 31.7. The second-order valence-electron chi connectivity index (χ2n) is 9.64. The van der Waals surface area contributed by atoms with Gasteiger partial charge in [-0.15, -0.1) is 0 Å². The molecule has 0 saturated carbocycles. The SMILES string of the molecule is NC1=NC2[C@H](CN3C(=O)CCC3=O)NC(N)=[N+]3CC(NC(=O)c4cccc5c4OCC5)C(O)(O)C23N1. The first-order chi connectivity index (χ1) is 17.1. The molecule has 0 aromatic heterocycles. The van der Waals surface area contributed by atoms with Crippen LogP contribution in [-0.2, 0) is 16.0 Å². The van der Waals surface area contributed by atoms with Crippen molar-refractivity contribution in [3.8, 4) is 5.75 Å². The number of benzene rings is 1. The van der Waals surface area contributed by atoms with E-state index in [2.05, 4.69) is 20.9 Å². The van der Waals surface area contributed by atoms with E-state index in [0.717, 1.165) is 10.5 Å². The highest BCUT2D eigenvalue weighted by molar-refractivity contribution is 6.02. The van der Waals surface area contributed by atoms with E-state index in [9.17, 15) is 24.6 Å². The van der Waals surface area contributed by atoms with Crippen molar-refractivity contribution in [2.24, 2.45) is 16.5 Å². The topological polar surface area (TPSA) is 208 Å². The van der Waals surface area contributed by atoms with Crippen LogP contribution in [0.5, 0.6) is 5.75 Å². The summed E-state index contributed by atoms with van der Waals surface area (Å²) in [6, 6.07) is 2.28. The molecule has 6 rings (SSSR count). The molecule has 1 aromatic rings. The number of carbonyl (C=O) groups is 3. The van der Waals surface area contributed by atoms with Crippen LogP contribution >= 0.6 is 0 Å². The number of imide groups is 1.